The van der Waals surface area contributed by atoms with Crippen molar-refractivity contribution in [2.45, 2.75) is 31.4 Å². The van der Waals surface area contributed by atoms with Crippen LogP contribution in [0.1, 0.15) is 25.3 Å². The van der Waals surface area contributed by atoms with E-state index in [4.69, 9.17) is 0 Å². The van der Waals surface area contributed by atoms with E-state index < -0.39 is 5.54 Å². The normalized spacial score (nSPS) is 27.3. The van der Waals surface area contributed by atoms with Crippen LogP contribution >= 0.6 is 0 Å². The zero-order valence-corrected chi connectivity index (χ0v) is 12.7. The van der Waals surface area contributed by atoms with Gasteiger partial charge in [0.2, 0.25) is 0 Å². The van der Waals surface area contributed by atoms with Crippen molar-refractivity contribution in [2.24, 2.45) is 0 Å². The highest BCUT2D eigenvalue weighted by Gasteiger charge is 2.49. The van der Waals surface area contributed by atoms with Crippen molar-refractivity contribution in [3.8, 4) is 0 Å². The predicted molar refractivity (Wildman–Crippen MR) is 80.9 cm³/mol. The summed E-state index contributed by atoms with van der Waals surface area (Å²) in [5.41, 5.74) is -0.224. The topological polar surface area (TPSA) is 72.9 Å². The molecule has 2 fully saturated rings. The number of rotatable bonds is 3. The molecule has 6 nitrogen and oxygen atoms in total. The van der Waals surface area contributed by atoms with E-state index >= 15 is 0 Å². The van der Waals surface area contributed by atoms with E-state index in [9.17, 15) is 14.7 Å². The monoisotopic (exact) mass is 303 g/mol. The molecule has 2 aliphatic heterocycles. The molecule has 2 heterocycles. The average molecular weight is 303 g/mol. The van der Waals surface area contributed by atoms with Gasteiger partial charge in [-0.15, -0.1) is 0 Å². The zero-order valence-electron chi connectivity index (χ0n) is 12.7. The fourth-order valence-corrected chi connectivity index (χ4v) is 3.05. The lowest BCUT2D eigenvalue weighted by molar-refractivity contribution is -0.132. The predicted octanol–water partition coefficient (Wildman–Crippen LogP) is 0.868. The van der Waals surface area contributed by atoms with Crippen LogP contribution in [-0.2, 0) is 10.3 Å². The number of piperidine rings is 1. The van der Waals surface area contributed by atoms with Crippen molar-refractivity contribution in [3.63, 3.8) is 0 Å². The molecular weight excluding hydrogens is 282 g/mol. The Morgan fingerprint density at radius 1 is 1.23 bits per heavy atom. The maximum Gasteiger partial charge on any atom is 0.326 e. The van der Waals surface area contributed by atoms with Gasteiger partial charge in [-0.05, 0) is 25.3 Å². The Morgan fingerprint density at radius 2 is 1.86 bits per heavy atom. The van der Waals surface area contributed by atoms with E-state index in [-0.39, 0.29) is 24.7 Å². The maximum atomic E-state index is 12.7. The van der Waals surface area contributed by atoms with Crippen molar-refractivity contribution >= 4 is 11.9 Å². The van der Waals surface area contributed by atoms with E-state index in [0.29, 0.717) is 25.9 Å². The smallest absolute Gasteiger partial charge is 0.326 e. The maximum absolute atomic E-state index is 12.7. The molecule has 22 heavy (non-hydrogen) atoms. The molecule has 0 radical (unpaired) electrons. The van der Waals surface area contributed by atoms with Crippen LogP contribution in [-0.4, -0.2) is 52.7 Å². The first-order chi connectivity index (χ1) is 10.5. The zero-order chi connectivity index (χ0) is 15.7. The number of urea groups is 1. The van der Waals surface area contributed by atoms with Crippen molar-refractivity contribution in [3.05, 3.63) is 35.9 Å². The second-order valence-corrected chi connectivity index (χ2v) is 6.14. The van der Waals surface area contributed by atoms with Gasteiger partial charge in [-0.25, -0.2) is 9.69 Å². The summed E-state index contributed by atoms with van der Waals surface area (Å²) in [7, 11) is 0. The second kappa shape index (κ2) is 5.70. The van der Waals surface area contributed by atoms with Crippen LogP contribution in [0.25, 0.3) is 0 Å². The van der Waals surface area contributed by atoms with E-state index in [1.54, 1.807) is 6.92 Å². The molecule has 0 spiro atoms. The first-order valence-corrected chi connectivity index (χ1v) is 7.61. The molecule has 3 rings (SSSR count). The Hall–Kier alpha value is -1.92. The summed E-state index contributed by atoms with van der Waals surface area (Å²) in [5, 5.41) is 12.3. The molecule has 0 unspecified atom stereocenters. The highest BCUT2D eigenvalue weighted by atomic mass is 16.3. The van der Waals surface area contributed by atoms with Gasteiger partial charge < -0.3 is 10.4 Å². The quantitative estimate of drug-likeness (QED) is 0.813. The van der Waals surface area contributed by atoms with Gasteiger partial charge in [0.15, 0.2) is 0 Å². The lowest BCUT2D eigenvalue weighted by atomic mass is 9.92. The summed E-state index contributed by atoms with van der Waals surface area (Å²) in [6.45, 7) is 3.41. The van der Waals surface area contributed by atoms with Crippen LogP contribution in [0.2, 0.25) is 0 Å². The minimum atomic E-state index is -1.01. The summed E-state index contributed by atoms with van der Waals surface area (Å²) < 4.78 is 0. The number of carbonyl (C=O) groups excluding carboxylic acids is 2. The van der Waals surface area contributed by atoms with Crippen LogP contribution in [0.5, 0.6) is 0 Å². The van der Waals surface area contributed by atoms with E-state index in [0.717, 1.165) is 5.56 Å². The van der Waals surface area contributed by atoms with Crippen molar-refractivity contribution < 1.29 is 14.7 Å². The number of nitrogens with zero attached hydrogens (tertiary/aromatic N) is 2. The summed E-state index contributed by atoms with van der Waals surface area (Å²) in [6, 6.07) is 8.93. The molecule has 0 bridgehead atoms. The van der Waals surface area contributed by atoms with Gasteiger partial charge in [-0.1, -0.05) is 30.3 Å². The van der Waals surface area contributed by atoms with E-state index in [1.165, 1.54) is 4.90 Å². The molecule has 1 aromatic carbocycles. The van der Waals surface area contributed by atoms with Crippen molar-refractivity contribution in [1.29, 1.82) is 0 Å². The molecule has 2 N–H and O–H groups in total. The van der Waals surface area contributed by atoms with Crippen molar-refractivity contribution in [1.82, 2.24) is 15.1 Å². The van der Waals surface area contributed by atoms with Crippen LogP contribution in [0.3, 0.4) is 0 Å². The molecule has 118 valence electrons. The molecule has 1 atom stereocenters. The van der Waals surface area contributed by atoms with Gasteiger partial charge in [-0.2, -0.15) is 0 Å². The van der Waals surface area contributed by atoms with Crippen molar-refractivity contribution in [2.75, 3.05) is 19.8 Å². The Bertz CT molecular complexity index is 569. The van der Waals surface area contributed by atoms with Crippen LogP contribution in [0, 0.1) is 0 Å². The fourth-order valence-electron chi connectivity index (χ4n) is 3.05. The van der Waals surface area contributed by atoms with Crippen LogP contribution in [0.15, 0.2) is 30.3 Å². The number of nitrogens with one attached hydrogen (secondary N) is 1. The number of benzene rings is 1. The average Bonchev–Trinajstić information content (AvgIpc) is 2.75. The number of aliphatic hydroxyl groups excluding tert-OH is 1. The van der Waals surface area contributed by atoms with E-state index in [1.807, 2.05) is 35.2 Å². The summed E-state index contributed by atoms with van der Waals surface area (Å²) in [4.78, 5) is 28.3. The Kier molecular flexibility index (Phi) is 3.88. The van der Waals surface area contributed by atoms with Gasteiger partial charge in [0.1, 0.15) is 5.54 Å². The molecular formula is C16H21N3O3. The number of imide groups is 1. The minimum absolute atomic E-state index is 0.227. The Balaban J connectivity index is 1.74. The fraction of sp³-hybridized carbons (Fsp3) is 0.500. The van der Waals surface area contributed by atoms with Crippen LogP contribution < -0.4 is 5.32 Å². The standard InChI is InChI=1S/C16H21N3O3/c1-16(12-5-3-2-4-6-12)14(21)19(15(22)17-16)11-18-9-7-13(20)8-10-18/h2-6,13,20H,7-11H2,1H3,(H,17,22)/t16-/m1/s1. The lowest BCUT2D eigenvalue weighted by Crippen LogP contribution is -2.46. The largest absolute Gasteiger partial charge is 0.393 e. The molecule has 2 aliphatic rings. The second-order valence-electron chi connectivity index (χ2n) is 6.14. The molecule has 3 amide bonds. The minimum Gasteiger partial charge on any atom is -0.393 e. The third-order valence-corrected chi connectivity index (χ3v) is 4.52. The first-order valence-electron chi connectivity index (χ1n) is 7.61. The number of carbonyl (C=O) groups is 2. The SMILES string of the molecule is C[C@]1(c2ccccc2)NC(=O)N(CN2CCC(O)CC2)C1=O. The molecule has 0 aliphatic carbocycles. The summed E-state index contributed by atoms with van der Waals surface area (Å²) in [6.07, 6.45) is 1.09. The number of likely N-dealkylation sites (tertiary alicyclic amines) is 1. The highest BCUT2D eigenvalue weighted by molar-refractivity contribution is 6.07. The van der Waals surface area contributed by atoms with Gasteiger partial charge >= 0.3 is 6.03 Å². The molecule has 0 aromatic heterocycles. The summed E-state index contributed by atoms with van der Waals surface area (Å²) >= 11 is 0. The molecule has 1 aromatic rings. The summed E-state index contributed by atoms with van der Waals surface area (Å²) in [5.74, 6) is -0.227. The Morgan fingerprint density at radius 3 is 2.50 bits per heavy atom. The van der Waals surface area contributed by atoms with Gasteiger partial charge in [0.05, 0.1) is 12.8 Å². The number of aliphatic hydroxyl groups is 1. The molecule has 6 heteroatoms. The third kappa shape index (κ3) is 2.60. The third-order valence-electron chi connectivity index (χ3n) is 4.52. The lowest BCUT2D eigenvalue weighted by Gasteiger charge is -2.32. The molecule has 0 saturated carbocycles. The molecule has 2 saturated heterocycles. The highest BCUT2D eigenvalue weighted by Crippen LogP contribution is 2.29. The number of amides is 3. The van der Waals surface area contributed by atoms with Gasteiger partial charge in [0.25, 0.3) is 5.91 Å². The van der Waals surface area contributed by atoms with Crippen LogP contribution in [0.4, 0.5) is 4.79 Å². The van der Waals surface area contributed by atoms with Gasteiger partial charge in [0, 0.05) is 13.1 Å². The Labute approximate surface area is 129 Å². The van der Waals surface area contributed by atoms with Gasteiger partial charge in [-0.3, -0.25) is 9.69 Å². The number of hydrogen-bond donors (Lipinski definition) is 2. The first kappa shape index (κ1) is 15.0. The number of hydrogen-bond acceptors (Lipinski definition) is 4. The van der Waals surface area contributed by atoms with E-state index in [2.05, 4.69) is 5.32 Å².